The van der Waals surface area contributed by atoms with Crippen LogP contribution in [0.5, 0.6) is 0 Å². The van der Waals surface area contributed by atoms with Crippen molar-refractivity contribution in [1.82, 2.24) is 14.7 Å². The molecule has 1 aromatic heterocycles. The minimum absolute atomic E-state index is 0.0707. The molecule has 0 unspecified atom stereocenters. The molecule has 0 saturated heterocycles. The van der Waals surface area contributed by atoms with Crippen LogP contribution in [0.15, 0.2) is 30.3 Å². The second-order valence-corrected chi connectivity index (χ2v) is 10.5. The number of aromatic nitrogens is 2. The number of rotatable bonds is 9. The van der Waals surface area contributed by atoms with Gasteiger partial charge in [-0.1, -0.05) is 71.1 Å². The number of nitrogens with one attached hydrogen (secondary N) is 1. The minimum atomic E-state index is -0.189. The van der Waals surface area contributed by atoms with Crippen LogP contribution in [0.3, 0.4) is 0 Å². The number of hydrogen-bond acceptors (Lipinski definition) is 3. The largest absolute Gasteiger partial charge is 0.333 e. The highest BCUT2D eigenvalue weighted by Crippen LogP contribution is 2.29. The molecule has 1 fully saturated rings. The van der Waals surface area contributed by atoms with Gasteiger partial charge < -0.3 is 10.2 Å². The third-order valence-corrected chi connectivity index (χ3v) is 6.45. The van der Waals surface area contributed by atoms with Crippen LogP contribution in [0.25, 0.3) is 5.69 Å². The second kappa shape index (κ2) is 11.0. The van der Waals surface area contributed by atoms with Gasteiger partial charge in [-0.15, -0.1) is 0 Å². The summed E-state index contributed by atoms with van der Waals surface area (Å²) in [5.41, 5.74) is 2.81. The van der Waals surface area contributed by atoms with E-state index in [9.17, 15) is 9.59 Å². The molecule has 1 heterocycles. The molecule has 6 heteroatoms. The van der Waals surface area contributed by atoms with Crippen LogP contribution in [0.2, 0.25) is 0 Å². The maximum Gasteiger partial charge on any atom is 0.245 e. The molecule has 1 N–H and O–H groups in total. The Labute approximate surface area is 198 Å². The third kappa shape index (κ3) is 6.92. The predicted molar refractivity (Wildman–Crippen MR) is 134 cm³/mol. The van der Waals surface area contributed by atoms with E-state index in [1.165, 1.54) is 31.2 Å². The lowest BCUT2D eigenvalue weighted by atomic mass is 9.92. The first-order valence-electron chi connectivity index (χ1n) is 12.4. The molecule has 0 atom stereocenters. The van der Waals surface area contributed by atoms with E-state index in [-0.39, 0.29) is 23.8 Å². The minimum Gasteiger partial charge on any atom is -0.333 e. The van der Waals surface area contributed by atoms with E-state index in [1.54, 1.807) is 9.58 Å². The summed E-state index contributed by atoms with van der Waals surface area (Å²) in [6.07, 6.45) is 7.35. The Morgan fingerprint density at radius 2 is 1.82 bits per heavy atom. The van der Waals surface area contributed by atoms with Crippen molar-refractivity contribution in [2.24, 2.45) is 5.92 Å². The standard InChI is InChI=1S/C27H40N4O2/c1-6-17-30(26(33)16-13-21-9-7-8-10-21)19-25(32)28-24-18-23(27(3,4)5)29-31(24)22-14-11-20(2)12-15-22/h11-12,14-15,18,21H,6-10,13,16-17,19H2,1-5H3,(H,28,32). The second-order valence-electron chi connectivity index (χ2n) is 10.5. The molecule has 1 saturated carbocycles. The molecule has 6 nitrogen and oxygen atoms in total. The van der Waals surface area contributed by atoms with Gasteiger partial charge in [-0.2, -0.15) is 5.10 Å². The van der Waals surface area contributed by atoms with Crippen molar-refractivity contribution in [3.8, 4) is 5.69 Å². The summed E-state index contributed by atoms with van der Waals surface area (Å²) < 4.78 is 1.78. The van der Waals surface area contributed by atoms with Crippen molar-refractivity contribution in [2.75, 3.05) is 18.4 Å². The molecule has 2 amide bonds. The van der Waals surface area contributed by atoms with Gasteiger partial charge in [0.1, 0.15) is 5.82 Å². The average molecular weight is 453 g/mol. The summed E-state index contributed by atoms with van der Waals surface area (Å²) in [6.45, 7) is 11.1. The van der Waals surface area contributed by atoms with Gasteiger partial charge in [0, 0.05) is 24.4 Å². The van der Waals surface area contributed by atoms with Crippen molar-refractivity contribution in [3.05, 3.63) is 41.6 Å². The smallest absolute Gasteiger partial charge is 0.245 e. The summed E-state index contributed by atoms with van der Waals surface area (Å²) >= 11 is 0. The average Bonchev–Trinajstić information content (AvgIpc) is 3.42. The summed E-state index contributed by atoms with van der Waals surface area (Å²) in [4.78, 5) is 27.6. The molecule has 1 aromatic carbocycles. The highest BCUT2D eigenvalue weighted by molar-refractivity contribution is 5.94. The first kappa shape index (κ1) is 25.0. The number of anilines is 1. The Kier molecular flexibility index (Phi) is 8.33. The van der Waals surface area contributed by atoms with Crippen LogP contribution in [0.4, 0.5) is 5.82 Å². The molecule has 0 spiro atoms. The van der Waals surface area contributed by atoms with Gasteiger partial charge in [0.15, 0.2) is 0 Å². The van der Waals surface area contributed by atoms with Crippen LogP contribution in [-0.2, 0) is 15.0 Å². The quantitative estimate of drug-likeness (QED) is 0.536. The van der Waals surface area contributed by atoms with Gasteiger partial charge in [0.25, 0.3) is 0 Å². The lowest BCUT2D eigenvalue weighted by Crippen LogP contribution is -2.38. The van der Waals surface area contributed by atoms with Gasteiger partial charge in [0.05, 0.1) is 17.9 Å². The van der Waals surface area contributed by atoms with Crippen LogP contribution in [0.1, 0.15) is 83.9 Å². The van der Waals surface area contributed by atoms with Crippen LogP contribution in [0, 0.1) is 12.8 Å². The zero-order valence-corrected chi connectivity index (χ0v) is 21.0. The van der Waals surface area contributed by atoms with E-state index in [0.29, 0.717) is 24.7 Å². The van der Waals surface area contributed by atoms with Crippen LogP contribution < -0.4 is 5.32 Å². The van der Waals surface area contributed by atoms with Crippen molar-refractivity contribution >= 4 is 17.6 Å². The topological polar surface area (TPSA) is 67.2 Å². The Morgan fingerprint density at radius 3 is 2.42 bits per heavy atom. The van der Waals surface area contributed by atoms with Crippen molar-refractivity contribution in [3.63, 3.8) is 0 Å². The van der Waals surface area contributed by atoms with E-state index in [0.717, 1.165) is 24.2 Å². The van der Waals surface area contributed by atoms with E-state index in [1.807, 2.05) is 44.2 Å². The lowest BCUT2D eigenvalue weighted by Gasteiger charge is -2.22. The van der Waals surface area contributed by atoms with E-state index in [4.69, 9.17) is 5.10 Å². The van der Waals surface area contributed by atoms with Crippen molar-refractivity contribution in [2.45, 2.75) is 85.0 Å². The fourth-order valence-electron chi connectivity index (χ4n) is 4.42. The van der Waals surface area contributed by atoms with Gasteiger partial charge in [-0.05, 0) is 37.8 Å². The molecule has 0 radical (unpaired) electrons. The van der Waals surface area contributed by atoms with Crippen molar-refractivity contribution in [1.29, 1.82) is 0 Å². The Bertz CT molecular complexity index is 934. The molecule has 180 valence electrons. The summed E-state index contributed by atoms with van der Waals surface area (Å²) in [6, 6.07) is 10.0. The molecule has 0 bridgehead atoms. The Balaban J connectivity index is 1.72. The zero-order chi connectivity index (χ0) is 24.0. The van der Waals surface area contributed by atoms with E-state index >= 15 is 0 Å². The molecule has 2 aromatic rings. The number of aryl methyl sites for hydroxylation is 1. The molecule has 1 aliphatic carbocycles. The molecule has 33 heavy (non-hydrogen) atoms. The fourth-order valence-corrected chi connectivity index (χ4v) is 4.42. The third-order valence-electron chi connectivity index (χ3n) is 6.45. The van der Waals surface area contributed by atoms with Gasteiger partial charge in [0.2, 0.25) is 11.8 Å². The lowest BCUT2D eigenvalue weighted by molar-refractivity contribution is -0.135. The Hall–Kier alpha value is -2.63. The SMILES string of the molecule is CCCN(CC(=O)Nc1cc(C(C)(C)C)nn1-c1ccc(C)cc1)C(=O)CCC1CCCC1. The highest BCUT2D eigenvalue weighted by atomic mass is 16.2. The Morgan fingerprint density at radius 1 is 1.15 bits per heavy atom. The predicted octanol–water partition coefficient (Wildman–Crippen LogP) is 5.63. The summed E-state index contributed by atoms with van der Waals surface area (Å²) in [7, 11) is 0. The number of benzene rings is 1. The number of carbonyl (C=O) groups is 2. The molecule has 0 aliphatic heterocycles. The molecule has 1 aliphatic rings. The van der Waals surface area contributed by atoms with E-state index in [2.05, 4.69) is 26.1 Å². The maximum atomic E-state index is 13.0. The number of nitrogens with zero attached hydrogens (tertiary/aromatic N) is 3. The monoisotopic (exact) mass is 452 g/mol. The maximum absolute atomic E-state index is 13.0. The van der Waals surface area contributed by atoms with Gasteiger partial charge in [-0.3, -0.25) is 9.59 Å². The van der Waals surface area contributed by atoms with E-state index < -0.39 is 0 Å². The highest BCUT2D eigenvalue weighted by Gasteiger charge is 2.24. The first-order chi connectivity index (χ1) is 15.7. The normalized spacial score (nSPS) is 14.5. The first-order valence-corrected chi connectivity index (χ1v) is 12.4. The summed E-state index contributed by atoms with van der Waals surface area (Å²) in [5.74, 6) is 1.20. The number of hydrogen-bond donors (Lipinski definition) is 1. The number of carbonyl (C=O) groups excluding carboxylic acids is 2. The summed E-state index contributed by atoms with van der Waals surface area (Å²) in [5, 5.41) is 7.80. The fraction of sp³-hybridized carbons (Fsp3) is 0.593. The number of amides is 2. The molecule has 3 rings (SSSR count). The molecular weight excluding hydrogens is 412 g/mol. The molecular formula is C27H40N4O2. The van der Waals surface area contributed by atoms with Gasteiger partial charge in [-0.25, -0.2) is 4.68 Å². The van der Waals surface area contributed by atoms with Crippen LogP contribution >= 0.6 is 0 Å². The van der Waals surface area contributed by atoms with Crippen LogP contribution in [-0.4, -0.2) is 39.6 Å². The van der Waals surface area contributed by atoms with Crippen molar-refractivity contribution < 1.29 is 9.59 Å². The zero-order valence-electron chi connectivity index (χ0n) is 21.0. The van der Waals surface area contributed by atoms with Gasteiger partial charge >= 0.3 is 0 Å².